The van der Waals surface area contributed by atoms with Crippen LogP contribution in [-0.4, -0.2) is 22.0 Å². The molecule has 0 bridgehead atoms. The van der Waals surface area contributed by atoms with Crippen molar-refractivity contribution in [2.45, 2.75) is 6.92 Å². The maximum atomic E-state index is 11.0. The third-order valence-corrected chi connectivity index (χ3v) is 2.53. The smallest absolute Gasteiger partial charge is 0.335 e. The first kappa shape index (κ1) is 12.8. The summed E-state index contributed by atoms with van der Waals surface area (Å²) in [6.45, 7) is 1.41. The molecule has 2 N–H and O–H groups in total. The molecule has 1 heterocycles. The number of hydrogen-bond acceptors (Lipinski definition) is 3. The van der Waals surface area contributed by atoms with E-state index in [-0.39, 0.29) is 11.5 Å². The highest BCUT2D eigenvalue weighted by atomic mass is 16.4. The number of carboxylic acid groups (broad SMARTS) is 1. The Morgan fingerprint density at radius 3 is 2.37 bits per heavy atom. The van der Waals surface area contributed by atoms with Gasteiger partial charge in [-0.25, -0.2) is 9.78 Å². The molecule has 0 aliphatic rings. The maximum Gasteiger partial charge on any atom is 0.335 e. The molecule has 0 spiro atoms. The summed E-state index contributed by atoms with van der Waals surface area (Å²) in [4.78, 5) is 25.8. The van der Waals surface area contributed by atoms with Gasteiger partial charge in [0.1, 0.15) is 5.82 Å². The summed E-state index contributed by atoms with van der Waals surface area (Å²) in [6.07, 6.45) is 1.59. The van der Waals surface area contributed by atoms with Crippen LogP contribution in [0, 0.1) is 0 Å². The van der Waals surface area contributed by atoms with E-state index in [4.69, 9.17) is 5.11 Å². The molecule has 5 heteroatoms. The van der Waals surface area contributed by atoms with Crippen LogP contribution < -0.4 is 5.32 Å². The van der Waals surface area contributed by atoms with Gasteiger partial charge in [-0.15, -0.1) is 0 Å². The molecule has 0 saturated heterocycles. The molecular formula is C14H12N2O3. The van der Waals surface area contributed by atoms with Gasteiger partial charge in [0.15, 0.2) is 0 Å². The van der Waals surface area contributed by atoms with Crippen molar-refractivity contribution in [2.24, 2.45) is 0 Å². The lowest BCUT2D eigenvalue weighted by Gasteiger charge is -2.05. The largest absolute Gasteiger partial charge is 0.478 e. The predicted molar refractivity (Wildman–Crippen MR) is 70.9 cm³/mol. The standard InChI is InChI=1S/C14H12N2O3/c1-9(17)16-13-8-12(6-7-15-13)10-2-4-11(5-3-10)14(18)19/h2-8H,1H3,(H,18,19)(H,15,16,17). The molecule has 0 aliphatic carbocycles. The Balaban J connectivity index is 2.30. The quantitative estimate of drug-likeness (QED) is 0.883. The summed E-state index contributed by atoms with van der Waals surface area (Å²) in [5.74, 6) is -0.682. The Hall–Kier alpha value is -2.69. The molecule has 0 aliphatic heterocycles. The number of rotatable bonds is 3. The van der Waals surface area contributed by atoms with E-state index in [0.717, 1.165) is 11.1 Å². The highest BCUT2D eigenvalue weighted by Crippen LogP contribution is 2.21. The zero-order valence-electron chi connectivity index (χ0n) is 10.3. The van der Waals surface area contributed by atoms with E-state index in [1.807, 2.05) is 0 Å². The van der Waals surface area contributed by atoms with Crippen LogP contribution in [0.5, 0.6) is 0 Å². The molecule has 0 unspecified atom stereocenters. The van der Waals surface area contributed by atoms with Crippen molar-refractivity contribution in [3.8, 4) is 11.1 Å². The second kappa shape index (κ2) is 5.30. The molecule has 19 heavy (non-hydrogen) atoms. The minimum absolute atomic E-state index is 0.189. The Labute approximate surface area is 109 Å². The van der Waals surface area contributed by atoms with Crippen molar-refractivity contribution in [3.63, 3.8) is 0 Å². The van der Waals surface area contributed by atoms with Crippen molar-refractivity contribution in [3.05, 3.63) is 48.2 Å². The summed E-state index contributed by atoms with van der Waals surface area (Å²) in [5, 5.41) is 11.4. The van der Waals surface area contributed by atoms with Gasteiger partial charge in [0.05, 0.1) is 5.56 Å². The average Bonchev–Trinajstić information content (AvgIpc) is 2.38. The number of hydrogen-bond donors (Lipinski definition) is 2. The van der Waals surface area contributed by atoms with E-state index in [9.17, 15) is 9.59 Å². The number of pyridine rings is 1. The minimum atomic E-state index is -0.958. The molecule has 0 radical (unpaired) electrons. The van der Waals surface area contributed by atoms with Crippen molar-refractivity contribution in [1.82, 2.24) is 4.98 Å². The Morgan fingerprint density at radius 1 is 1.11 bits per heavy atom. The van der Waals surface area contributed by atoms with Gasteiger partial charge in [0.25, 0.3) is 0 Å². The van der Waals surface area contributed by atoms with Crippen LogP contribution in [0.4, 0.5) is 5.82 Å². The third kappa shape index (κ3) is 3.16. The van der Waals surface area contributed by atoms with Crippen LogP contribution in [0.1, 0.15) is 17.3 Å². The number of aromatic nitrogens is 1. The number of anilines is 1. The van der Waals surface area contributed by atoms with Crippen molar-refractivity contribution >= 4 is 17.7 Å². The minimum Gasteiger partial charge on any atom is -0.478 e. The molecular weight excluding hydrogens is 244 g/mol. The number of carbonyl (C=O) groups is 2. The Kier molecular flexibility index (Phi) is 3.56. The topological polar surface area (TPSA) is 79.3 Å². The number of nitrogens with one attached hydrogen (secondary N) is 1. The van der Waals surface area contributed by atoms with Gasteiger partial charge in [-0.3, -0.25) is 4.79 Å². The molecule has 0 atom stereocenters. The van der Waals surface area contributed by atoms with Crippen molar-refractivity contribution in [1.29, 1.82) is 0 Å². The van der Waals surface area contributed by atoms with Gasteiger partial charge in [0.2, 0.25) is 5.91 Å². The monoisotopic (exact) mass is 256 g/mol. The number of amides is 1. The first-order valence-corrected chi connectivity index (χ1v) is 5.63. The Bertz CT molecular complexity index is 621. The number of aromatic carboxylic acids is 1. The molecule has 1 aromatic carbocycles. The van der Waals surface area contributed by atoms with Crippen LogP contribution in [-0.2, 0) is 4.79 Å². The zero-order valence-corrected chi connectivity index (χ0v) is 10.3. The SMILES string of the molecule is CC(=O)Nc1cc(-c2ccc(C(=O)O)cc2)ccn1. The van der Waals surface area contributed by atoms with E-state index < -0.39 is 5.97 Å². The lowest BCUT2D eigenvalue weighted by Crippen LogP contribution is -2.07. The fraction of sp³-hybridized carbons (Fsp3) is 0.0714. The number of carboxylic acids is 1. The first-order chi connectivity index (χ1) is 9.06. The third-order valence-electron chi connectivity index (χ3n) is 2.53. The van der Waals surface area contributed by atoms with Gasteiger partial charge in [-0.2, -0.15) is 0 Å². The van der Waals surface area contributed by atoms with Gasteiger partial charge in [-0.1, -0.05) is 12.1 Å². The van der Waals surface area contributed by atoms with Crippen LogP contribution in [0.15, 0.2) is 42.6 Å². The molecule has 1 aromatic heterocycles. The summed E-state index contributed by atoms with van der Waals surface area (Å²) in [5.41, 5.74) is 1.95. The molecule has 2 aromatic rings. The van der Waals surface area contributed by atoms with E-state index in [1.54, 1.807) is 30.5 Å². The van der Waals surface area contributed by atoms with Gasteiger partial charge >= 0.3 is 5.97 Å². The number of benzene rings is 1. The number of carbonyl (C=O) groups excluding carboxylic acids is 1. The maximum absolute atomic E-state index is 11.0. The summed E-state index contributed by atoms with van der Waals surface area (Å²) < 4.78 is 0. The lowest BCUT2D eigenvalue weighted by molar-refractivity contribution is -0.114. The van der Waals surface area contributed by atoms with Gasteiger partial charge in [0, 0.05) is 13.1 Å². The molecule has 0 saturated carbocycles. The normalized spacial score (nSPS) is 9.95. The van der Waals surface area contributed by atoms with E-state index in [0.29, 0.717) is 5.82 Å². The lowest BCUT2D eigenvalue weighted by atomic mass is 10.1. The molecule has 96 valence electrons. The van der Waals surface area contributed by atoms with Gasteiger partial charge < -0.3 is 10.4 Å². The fourth-order valence-electron chi connectivity index (χ4n) is 1.66. The van der Waals surface area contributed by atoms with Crippen molar-refractivity contribution < 1.29 is 14.7 Å². The second-order valence-electron chi connectivity index (χ2n) is 3.99. The van der Waals surface area contributed by atoms with E-state index in [2.05, 4.69) is 10.3 Å². The first-order valence-electron chi connectivity index (χ1n) is 5.63. The van der Waals surface area contributed by atoms with Crippen LogP contribution >= 0.6 is 0 Å². The van der Waals surface area contributed by atoms with E-state index in [1.165, 1.54) is 19.1 Å². The van der Waals surface area contributed by atoms with Crippen LogP contribution in [0.25, 0.3) is 11.1 Å². The zero-order chi connectivity index (χ0) is 13.8. The summed E-state index contributed by atoms with van der Waals surface area (Å²) in [7, 11) is 0. The van der Waals surface area contributed by atoms with Crippen LogP contribution in [0.2, 0.25) is 0 Å². The average molecular weight is 256 g/mol. The van der Waals surface area contributed by atoms with E-state index >= 15 is 0 Å². The molecule has 0 fully saturated rings. The fourth-order valence-corrected chi connectivity index (χ4v) is 1.66. The number of nitrogens with zero attached hydrogens (tertiary/aromatic N) is 1. The highest BCUT2D eigenvalue weighted by Gasteiger charge is 2.04. The molecule has 1 amide bonds. The summed E-state index contributed by atoms with van der Waals surface area (Å²) in [6, 6.07) is 10.0. The van der Waals surface area contributed by atoms with Gasteiger partial charge in [-0.05, 0) is 35.4 Å². The van der Waals surface area contributed by atoms with Crippen LogP contribution in [0.3, 0.4) is 0 Å². The Morgan fingerprint density at radius 2 is 1.79 bits per heavy atom. The predicted octanol–water partition coefficient (Wildman–Crippen LogP) is 2.41. The molecule has 2 rings (SSSR count). The molecule has 5 nitrogen and oxygen atoms in total. The summed E-state index contributed by atoms with van der Waals surface area (Å²) >= 11 is 0. The highest BCUT2D eigenvalue weighted by molar-refractivity contribution is 5.89. The second-order valence-corrected chi connectivity index (χ2v) is 3.99. The van der Waals surface area contributed by atoms with Crippen molar-refractivity contribution in [2.75, 3.05) is 5.32 Å².